The minimum atomic E-state index is 0.201. The van der Waals surface area contributed by atoms with Gasteiger partial charge in [0, 0.05) is 17.3 Å². The maximum absolute atomic E-state index is 12.0. The first-order chi connectivity index (χ1) is 7.31. The van der Waals surface area contributed by atoms with Crippen molar-refractivity contribution in [1.82, 2.24) is 0 Å². The van der Waals surface area contributed by atoms with Crippen LogP contribution in [0.1, 0.15) is 18.9 Å². The summed E-state index contributed by atoms with van der Waals surface area (Å²) in [4.78, 5) is 14.0. The zero-order chi connectivity index (χ0) is 10.4. The van der Waals surface area contributed by atoms with Gasteiger partial charge in [-0.25, -0.2) is 0 Å². The molecule has 0 aliphatic carbocycles. The van der Waals surface area contributed by atoms with Gasteiger partial charge in [-0.1, -0.05) is 24.3 Å². The molecule has 0 aromatic heterocycles. The molecule has 2 aliphatic rings. The molecule has 0 spiro atoms. The SMILES string of the molecule is C/C=C1\CC2Cc3ccccc3N2C1=O. The van der Waals surface area contributed by atoms with Crippen LogP contribution in [0.3, 0.4) is 0 Å². The third kappa shape index (κ3) is 1.08. The molecule has 1 saturated heterocycles. The highest BCUT2D eigenvalue weighted by Crippen LogP contribution is 2.39. The summed E-state index contributed by atoms with van der Waals surface area (Å²) in [6.45, 7) is 1.95. The van der Waals surface area contributed by atoms with E-state index in [0.717, 1.165) is 24.1 Å². The minimum absolute atomic E-state index is 0.201. The van der Waals surface area contributed by atoms with E-state index >= 15 is 0 Å². The molecular weight excluding hydrogens is 186 g/mol. The number of carbonyl (C=O) groups is 1. The van der Waals surface area contributed by atoms with E-state index in [0.29, 0.717) is 6.04 Å². The van der Waals surface area contributed by atoms with Gasteiger partial charge in [-0.3, -0.25) is 4.79 Å². The lowest BCUT2D eigenvalue weighted by molar-refractivity contribution is -0.114. The monoisotopic (exact) mass is 199 g/mol. The van der Waals surface area contributed by atoms with E-state index in [-0.39, 0.29) is 5.91 Å². The molecule has 15 heavy (non-hydrogen) atoms. The summed E-state index contributed by atoms with van der Waals surface area (Å²) in [6.07, 6.45) is 3.87. The van der Waals surface area contributed by atoms with Gasteiger partial charge in [0.15, 0.2) is 0 Å². The van der Waals surface area contributed by atoms with Crippen molar-refractivity contribution in [3.63, 3.8) is 0 Å². The number of nitrogens with zero attached hydrogens (tertiary/aromatic N) is 1. The Bertz CT molecular complexity index is 461. The van der Waals surface area contributed by atoms with Crippen LogP contribution in [0.15, 0.2) is 35.9 Å². The van der Waals surface area contributed by atoms with Gasteiger partial charge in [-0.05, 0) is 31.4 Å². The largest absolute Gasteiger partial charge is 0.305 e. The number of anilines is 1. The van der Waals surface area contributed by atoms with Crippen LogP contribution in [0.2, 0.25) is 0 Å². The summed E-state index contributed by atoms with van der Waals surface area (Å²) in [6, 6.07) is 8.59. The third-order valence-corrected chi connectivity index (χ3v) is 3.37. The normalized spacial score (nSPS) is 25.9. The average Bonchev–Trinajstić information content (AvgIpc) is 2.75. The second-order valence-corrected chi connectivity index (χ2v) is 4.18. The second kappa shape index (κ2) is 2.96. The van der Waals surface area contributed by atoms with Gasteiger partial charge in [0.2, 0.25) is 0 Å². The number of allylic oxidation sites excluding steroid dienone is 1. The van der Waals surface area contributed by atoms with Crippen molar-refractivity contribution in [2.75, 3.05) is 4.90 Å². The Hall–Kier alpha value is -1.57. The lowest BCUT2D eigenvalue weighted by Crippen LogP contribution is -2.29. The first kappa shape index (κ1) is 8.72. The molecule has 1 aromatic carbocycles. The number of fused-ring (bicyclic) bond motifs is 3. The van der Waals surface area contributed by atoms with Gasteiger partial charge >= 0.3 is 0 Å². The molecule has 1 fully saturated rings. The molecule has 2 heterocycles. The van der Waals surface area contributed by atoms with E-state index < -0.39 is 0 Å². The highest BCUT2D eigenvalue weighted by Gasteiger charge is 2.40. The standard InChI is InChI=1S/C13H13NO/c1-2-9-7-11-8-10-5-3-4-6-12(10)14(11)13(9)15/h2-6,11H,7-8H2,1H3/b9-2+. The molecule has 0 saturated carbocycles. The molecule has 2 nitrogen and oxygen atoms in total. The molecule has 0 N–H and O–H groups in total. The topological polar surface area (TPSA) is 20.3 Å². The Morgan fingerprint density at radius 3 is 2.93 bits per heavy atom. The number of carbonyl (C=O) groups excluding carboxylic acids is 1. The molecule has 1 amide bonds. The first-order valence-corrected chi connectivity index (χ1v) is 5.38. The van der Waals surface area contributed by atoms with E-state index in [1.807, 2.05) is 36.1 Å². The summed E-state index contributed by atoms with van der Waals surface area (Å²) in [5.41, 5.74) is 3.39. The smallest absolute Gasteiger partial charge is 0.254 e. The van der Waals surface area contributed by atoms with Crippen LogP contribution >= 0.6 is 0 Å². The van der Waals surface area contributed by atoms with E-state index in [1.54, 1.807) is 0 Å². The molecule has 0 bridgehead atoms. The van der Waals surface area contributed by atoms with Crippen LogP contribution in [0.4, 0.5) is 5.69 Å². The second-order valence-electron chi connectivity index (χ2n) is 4.18. The number of rotatable bonds is 0. The van der Waals surface area contributed by atoms with Crippen molar-refractivity contribution in [2.45, 2.75) is 25.8 Å². The Labute approximate surface area is 89.2 Å². The quantitative estimate of drug-likeness (QED) is 0.587. The lowest BCUT2D eigenvalue weighted by Gasteiger charge is -2.15. The summed E-state index contributed by atoms with van der Waals surface area (Å²) >= 11 is 0. The van der Waals surface area contributed by atoms with Gasteiger partial charge in [0.1, 0.15) is 0 Å². The summed E-state index contributed by atoms with van der Waals surface area (Å²) in [5, 5.41) is 0. The van der Waals surface area contributed by atoms with Crippen LogP contribution in [0.5, 0.6) is 0 Å². The predicted octanol–water partition coefficient (Wildman–Crippen LogP) is 2.29. The zero-order valence-corrected chi connectivity index (χ0v) is 8.73. The Morgan fingerprint density at radius 2 is 2.13 bits per heavy atom. The van der Waals surface area contributed by atoms with Crippen molar-refractivity contribution >= 4 is 11.6 Å². The average molecular weight is 199 g/mol. The number of hydrogen-bond acceptors (Lipinski definition) is 1. The van der Waals surface area contributed by atoms with Gasteiger partial charge in [0.25, 0.3) is 5.91 Å². The van der Waals surface area contributed by atoms with Crippen LogP contribution in [-0.4, -0.2) is 11.9 Å². The third-order valence-electron chi connectivity index (χ3n) is 3.37. The highest BCUT2D eigenvalue weighted by atomic mass is 16.2. The molecular formula is C13H13NO. The van der Waals surface area contributed by atoms with Crippen molar-refractivity contribution in [2.24, 2.45) is 0 Å². The predicted molar refractivity (Wildman–Crippen MR) is 59.8 cm³/mol. The summed E-state index contributed by atoms with van der Waals surface area (Å²) < 4.78 is 0. The highest BCUT2D eigenvalue weighted by molar-refractivity contribution is 6.10. The van der Waals surface area contributed by atoms with Gasteiger partial charge in [-0.15, -0.1) is 0 Å². The molecule has 3 rings (SSSR count). The van der Waals surface area contributed by atoms with Gasteiger partial charge < -0.3 is 4.90 Å². The van der Waals surface area contributed by atoms with Crippen LogP contribution in [-0.2, 0) is 11.2 Å². The van der Waals surface area contributed by atoms with Crippen molar-refractivity contribution < 1.29 is 4.79 Å². The first-order valence-electron chi connectivity index (χ1n) is 5.38. The maximum atomic E-state index is 12.0. The fourth-order valence-electron chi connectivity index (χ4n) is 2.64. The fourth-order valence-corrected chi connectivity index (χ4v) is 2.64. The van der Waals surface area contributed by atoms with E-state index in [9.17, 15) is 4.79 Å². The van der Waals surface area contributed by atoms with E-state index in [4.69, 9.17) is 0 Å². The minimum Gasteiger partial charge on any atom is -0.305 e. The zero-order valence-electron chi connectivity index (χ0n) is 8.73. The van der Waals surface area contributed by atoms with Gasteiger partial charge in [-0.2, -0.15) is 0 Å². The number of para-hydroxylation sites is 1. The molecule has 1 atom stereocenters. The number of hydrogen-bond donors (Lipinski definition) is 0. The van der Waals surface area contributed by atoms with Crippen molar-refractivity contribution in [3.8, 4) is 0 Å². The van der Waals surface area contributed by atoms with E-state index in [1.165, 1.54) is 5.56 Å². The Kier molecular flexibility index (Phi) is 1.72. The van der Waals surface area contributed by atoms with Crippen LogP contribution in [0, 0.1) is 0 Å². The van der Waals surface area contributed by atoms with Crippen LogP contribution < -0.4 is 4.90 Å². The van der Waals surface area contributed by atoms with Gasteiger partial charge in [0.05, 0.1) is 0 Å². The molecule has 76 valence electrons. The van der Waals surface area contributed by atoms with Crippen molar-refractivity contribution in [1.29, 1.82) is 0 Å². The Morgan fingerprint density at radius 1 is 1.33 bits per heavy atom. The molecule has 2 heteroatoms. The molecule has 1 unspecified atom stereocenters. The van der Waals surface area contributed by atoms with Crippen LogP contribution in [0.25, 0.3) is 0 Å². The summed E-state index contributed by atoms with van der Waals surface area (Å²) in [5.74, 6) is 0.201. The lowest BCUT2D eigenvalue weighted by atomic mass is 10.0. The molecule has 2 aliphatic heterocycles. The molecule has 0 radical (unpaired) electrons. The Balaban J connectivity index is 2.09. The fraction of sp³-hybridized carbons (Fsp3) is 0.308. The number of benzene rings is 1. The summed E-state index contributed by atoms with van der Waals surface area (Å²) in [7, 11) is 0. The molecule has 1 aromatic rings. The maximum Gasteiger partial charge on any atom is 0.254 e. The number of amides is 1. The van der Waals surface area contributed by atoms with E-state index in [2.05, 4.69) is 6.07 Å². The van der Waals surface area contributed by atoms with Crippen molar-refractivity contribution in [3.05, 3.63) is 41.5 Å².